The molecule has 0 saturated heterocycles. The minimum absolute atomic E-state index is 0.404. The molecule has 0 heterocycles. The second-order valence-electron chi connectivity index (χ2n) is 4.96. The summed E-state index contributed by atoms with van der Waals surface area (Å²) in [5, 5.41) is 0. The molecule has 0 N–H and O–H groups in total. The van der Waals surface area contributed by atoms with Crippen molar-refractivity contribution in [1.29, 1.82) is 0 Å². The van der Waals surface area contributed by atoms with E-state index < -0.39 is 0 Å². The molecule has 1 nitrogen and oxygen atoms in total. The van der Waals surface area contributed by atoms with Crippen molar-refractivity contribution >= 4 is 11.8 Å². The van der Waals surface area contributed by atoms with E-state index in [-0.39, 0.29) is 0 Å². The maximum Gasteiger partial charge on any atom is 0.0364 e. The molecule has 18 heavy (non-hydrogen) atoms. The molecule has 1 unspecified atom stereocenters. The Morgan fingerprint density at radius 2 is 1.78 bits per heavy atom. The normalized spacial score (nSPS) is 16.7. The zero-order valence-corrected chi connectivity index (χ0v) is 10.8. The number of rotatable bonds is 2. The summed E-state index contributed by atoms with van der Waals surface area (Å²) in [6, 6.07) is 17.4. The average Bonchev–Trinajstić information content (AvgIpc) is 2.82. The van der Waals surface area contributed by atoms with Crippen LogP contribution in [0.25, 0.3) is 6.08 Å². The van der Waals surface area contributed by atoms with Crippen molar-refractivity contribution in [1.82, 2.24) is 0 Å². The van der Waals surface area contributed by atoms with Crippen molar-refractivity contribution in [2.24, 2.45) is 0 Å². The van der Waals surface area contributed by atoms with Gasteiger partial charge in [-0.05, 0) is 28.8 Å². The van der Waals surface area contributed by atoms with Crippen LogP contribution in [0.4, 0.5) is 5.69 Å². The van der Waals surface area contributed by atoms with E-state index in [0.29, 0.717) is 5.92 Å². The second kappa shape index (κ2) is 4.34. The molecule has 1 aliphatic rings. The highest BCUT2D eigenvalue weighted by Crippen LogP contribution is 2.36. The molecule has 2 aromatic carbocycles. The number of allylic oxidation sites excluding steroid dienone is 1. The fraction of sp³-hybridized carbons (Fsp3) is 0.176. The molecule has 90 valence electrons. The summed E-state index contributed by atoms with van der Waals surface area (Å²) in [5.74, 6) is 0.404. The number of fused-ring (bicyclic) bond motifs is 1. The summed E-state index contributed by atoms with van der Waals surface area (Å²) in [6.45, 7) is 0. The van der Waals surface area contributed by atoms with Gasteiger partial charge in [0.15, 0.2) is 0 Å². The van der Waals surface area contributed by atoms with Crippen LogP contribution in [0, 0.1) is 0 Å². The first-order chi connectivity index (χ1) is 8.75. The molecule has 0 radical (unpaired) electrons. The zero-order valence-electron chi connectivity index (χ0n) is 10.8. The topological polar surface area (TPSA) is 3.24 Å². The lowest BCUT2D eigenvalue weighted by atomic mass is 9.93. The van der Waals surface area contributed by atoms with Crippen LogP contribution in [-0.2, 0) is 0 Å². The van der Waals surface area contributed by atoms with Gasteiger partial charge in [-0.15, -0.1) is 0 Å². The van der Waals surface area contributed by atoms with Gasteiger partial charge in [0.2, 0.25) is 0 Å². The van der Waals surface area contributed by atoms with E-state index in [9.17, 15) is 0 Å². The summed E-state index contributed by atoms with van der Waals surface area (Å²) in [5.41, 5.74) is 5.37. The number of nitrogens with zero attached hydrogens (tertiary/aromatic N) is 1. The van der Waals surface area contributed by atoms with Gasteiger partial charge in [0.1, 0.15) is 0 Å². The predicted molar refractivity (Wildman–Crippen MR) is 78.1 cm³/mol. The molecule has 0 spiro atoms. The first-order valence-corrected chi connectivity index (χ1v) is 6.30. The van der Waals surface area contributed by atoms with Crippen LogP contribution in [0.3, 0.4) is 0 Å². The quantitative estimate of drug-likeness (QED) is 0.762. The molecule has 1 atom stereocenters. The molecule has 0 bridgehead atoms. The lowest BCUT2D eigenvalue weighted by Crippen LogP contribution is -2.09. The standard InChI is InChI=1S/C17H17N/c1-18(2)15-8-5-7-14(12-15)17-11-10-13-6-3-4-9-16(13)17/h3-12,17H,1-2H3. The van der Waals surface area contributed by atoms with Gasteiger partial charge in [-0.3, -0.25) is 0 Å². The van der Waals surface area contributed by atoms with E-state index in [1.54, 1.807) is 0 Å². The van der Waals surface area contributed by atoms with E-state index in [0.717, 1.165) is 0 Å². The van der Waals surface area contributed by atoms with Crippen molar-refractivity contribution in [3.63, 3.8) is 0 Å². The third-order valence-corrected chi connectivity index (χ3v) is 3.55. The van der Waals surface area contributed by atoms with Gasteiger partial charge in [0, 0.05) is 25.7 Å². The highest BCUT2D eigenvalue weighted by atomic mass is 15.1. The summed E-state index contributed by atoms with van der Waals surface area (Å²) in [7, 11) is 4.16. The van der Waals surface area contributed by atoms with Crippen molar-refractivity contribution in [2.45, 2.75) is 5.92 Å². The van der Waals surface area contributed by atoms with Crippen molar-refractivity contribution in [3.05, 3.63) is 71.3 Å². The Hall–Kier alpha value is -2.02. The van der Waals surface area contributed by atoms with Gasteiger partial charge < -0.3 is 4.90 Å². The fourth-order valence-electron chi connectivity index (χ4n) is 2.54. The van der Waals surface area contributed by atoms with Crippen LogP contribution in [0.2, 0.25) is 0 Å². The third kappa shape index (κ3) is 1.82. The lowest BCUT2D eigenvalue weighted by molar-refractivity contribution is 1.04. The molecule has 0 saturated carbocycles. The number of anilines is 1. The van der Waals surface area contributed by atoms with Crippen LogP contribution in [-0.4, -0.2) is 14.1 Å². The number of hydrogen-bond donors (Lipinski definition) is 0. The molecule has 2 aromatic rings. The van der Waals surface area contributed by atoms with Crippen molar-refractivity contribution in [2.75, 3.05) is 19.0 Å². The Balaban J connectivity index is 2.02. The Labute approximate surface area is 108 Å². The molecule has 1 heteroatoms. The number of benzene rings is 2. The highest BCUT2D eigenvalue weighted by Gasteiger charge is 2.18. The van der Waals surface area contributed by atoms with Gasteiger partial charge in [-0.2, -0.15) is 0 Å². The molecule has 3 rings (SSSR count). The van der Waals surface area contributed by atoms with Crippen LogP contribution in [0.5, 0.6) is 0 Å². The van der Waals surface area contributed by atoms with Gasteiger partial charge in [0.05, 0.1) is 0 Å². The monoisotopic (exact) mass is 235 g/mol. The first kappa shape index (κ1) is 11.1. The van der Waals surface area contributed by atoms with Gasteiger partial charge in [-0.25, -0.2) is 0 Å². The smallest absolute Gasteiger partial charge is 0.0364 e. The van der Waals surface area contributed by atoms with E-state index in [4.69, 9.17) is 0 Å². The Bertz CT molecular complexity index is 596. The Morgan fingerprint density at radius 1 is 0.944 bits per heavy atom. The SMILES string of the molecule is CN(C)c1cccc(C2C=Cc3ccccc32)c1. The second-order valence-corrected chi connectivity index (χ2v) is 4.96. The molecular weight excluding hydrogens is 218 g/mol. The highest BCUT2D eigenvalue weighted by molar-refractivity contribution is 5.66. The summed E-state index contributed by atoms with van der Waals surface area (Å²) < 4.78 is 0. The lowest BCUT2D eigenvalue weighted by Gasteiger charge is -2.16. The van der Waals surface area contributed by atoms with E-state index >= 15 is 0 Å². The molecule has 0 fully saturated rings. The predicted octanol–water partition coefficient (Wildman–Crippen LogP) is 3.91. The largest absolute Gasteiger partial charge is 0.378 e. The third-order valence-electron chi connectivity index (χ3n) is 3.55. The molecule has 0 amide bonds. The first-order valence-electron chi connectivity index (χ1n) is 6.30. The molecule has 0 aromatic heterocycles. The Morgan fingerprint density at radius 3 is 2.61 bits per heavy atom. The molecule has 0 aliphatic heterocycles. The summed E-state index contributed by atoms with van der Waals surface area (Å²) in [4.78, 5) is 2.15. The van der Waals surface area contributed by atoms with E-state index in [1.165, 1.54) is 22.4 Å². The summed E-state index contributed by atoms with van der Waals surface area (Å²) in [6.07, 6.45) is 4.52. The number of hydrogen-bond acceptors (Lipinski definition) is 1. The molecule has 1 aliphatic carbocycles. The van der Waals surface area contributed by atoms with Crippen molar-refractivity contribution < 1.29 is 0 Å². The zero-order chi connectivity index (χ0) is 12.5. The van der Waals surface area contributed by atoms with Crippen LogP contribution in [0.15, 0.2) is 54.6 Å². The van der Waals surface area contributed by atoms with Gasteiger partial charge in [-0.1, -0.05) is 48.6 Å². The van der Waals surface area contributed by atoms with Crippen LogP contribution < -0.4 is 4.90 Å². The van der Waals surface area contributed by atoms with Crippen LogP contribution >= 0.6 is 0 Å². The van der Waals surface area contributed by atoms with Crippen LogP contribution in [0.1, 0.15) is 22.6 Å². The average molecular weight is 235 g/mol. The fourth-order valence-corrected chi connectivity index (χ4v) is 2.54. The molecular formula is C17H17N. The van der Waals surface area contributed by atoms with E-state index in [1.807, 2.05) is 0 Å². The summed E-state index contributed by atoms with van der Waals surface area (Å²) >= 11 is 0. The van der Waals surface area contributed by atoms with Gasteiger partial charge >= 0.3 is 0 Å². The minimum atomic E-state index is 0.404. The minimum Gasteiger partial charge on any atom is -0.378 e. The maximum atomic E-state index is 2.29. The van der Waals surface area contributed by atoms with Gasteiger partial charge in [0.25, 0.3) is 0 Å². The maximum absolute atomic E-state index is 2.29. The van der Waals surface area contributed by atoms with E-state index in [2.05, 4.69) is 79.7 Å². The Kier molecular flexibility index (Phi) is 2.67. The van der Waals surface area contributed by atoms with Crippen molar-refractivity contribution in [3.8, 4) is 0 Å².